The number of carboxylic acid groups (broad SMARTS) is 1. The Balaban J connectivity index is 2.51. The quantitative estimate of drug-likeness (QED) is 0.646. The van der Waals surface area contributed by atoms with E-state index >= 15 is 0 Å². The molecule has 1 aliphatic heterocycles. The van der Waals surface area contributed by atoms with E-state index in [0.717, 1.165) is 0 Å². The smallest absolute Gasteiger partial charge is 0.401 e. The minimum Gasteiger partial charge on any atom is -0.481 e. The summed E-state index contributed by atoms with van der Waals surface area (Å²) in [4.78, 5) is 23.6. The molecule has 0 spiro atoms. The summed E-state index contributed by atoms with van der Waals surface area (Å²) < 4.78 is 36.6. The van der Waals surface area contributed by atoms with Gasteiger partial charge in [-0.3, -0.25) is 14.5 Å². The standard InChI is InChI=1S/C12H20F3N3O3/c1-8(19)16-2-3-18-5-9(11(20)21)4-10(6-18)17-7-12(13,14)15/h9-10,17H,2-7H2,1H3,(H,16,19)(H,20,21). The average Bonchev–Trinajstić information content (AvgIpc) is 2.35. The lowest BCUT2D eigenvalue weighted by Crippen LogP contribution is -2.53. The molecule has 0 aromatic carbocycles. The van der Waals surface area contributed by atoms with E-state index in [4.69, 9.17) is 5.11 Å². The maximum absolute atomic E-state index is 12.2. The summed E-state index contributed by atoms with van der Waals surface area (Å²) in [6.45, 7) is 1.59. The Morgan fingerprint density at radius 3 is 2.52 bits per heavy atom. The number of nitrogens with zero attached hydrogens (tertiary/aromatic N) is 1. The van der Waals surface area contributed by atoms with E-state index in [0.29, 0.717) is 19.6 Å². The molecule has 0 bridgehead atoms. The van der Waals surface area contributed by atoms with Crippen molar-refractivity contribution in [3.8, 4) is 0 Å². The highest BCUT2D eigenvalue weighted by Gasteiger charge is 2.34. The largest absolute Gasteiger partial charge is 0.481 e. The normalized spacial score (nSPS) is 23.8. The Labute approximate surface area is 120 Å². The molecule has 1 heterocycles. The molecule has 21 heavy (non-hydrogen) atoms. The third kappa shape index (κ3) is 7.28. The van der Waals surface area contributed by atoms with E-state index < -0.39 is 30.7 Å². The van der Waals surface area contributed by atoms with E-state index in [1.807, 2.05) is 0 Å². The van der Waals surface area contributed by atoms with Crippen LogP contribution in [0.25, 0.3) is 0 Å². The van der Waals surface area contributed by atoms with Crippen molar-refractivity contribution in [3.63, 3.8) is 0 Å². The zero-order valence-electron chi connectivity index (χ0n) is 11.7. The average molecular weight is 311 g/mol. The minimum atomic E-state index is -4.32. The molecule has 2 unspecified atom stereocenters. The Bertz CT molecular complexity index is 376. The van der Waals surface area contributed by atoms with E-state index in [1.54, 1.807) is 4.90 Å². The molecule has 1 rings (SSSR count). The van der Waals surface area contributed by atoms with Gasteiger partial charge in [0.1, 0.15) is 0 Å². The topological polar surface area (TPSA) is 81.7 Å². The first kappa shape index (κ1) is 17.7. The molecule has 0 aromatic rings. The van der Waals surface area contributed by atoms with Crippen molar-refractivity contribution in [2.75, 3.05) is 32.7 Å². The lowest BCUT2D eigenvalue weighted by molar-refractivity contribution is -0.144. The molecular weight excluding hydrogens is 291 g/mol. The van der Waals surface area contributed by atoms with E-state index in [2.05, 4.69) is 10.6 Å². The Kier molecular flexibility index (Phi) is 6.41. The second-order valence-corrected chi connectivity index (χ2v) is 5.21. The predicted octanol–water partition coefficient (Wildman–Crippen LogP) is 0.0495. The second kappa shape index (κ2) is 7.60. The number of piperidine rings is 1. The number of nitrogens with one attached hydrogen (secondary N) is 2. The molecule has 1 fully saturated rings. The van der Waals surface area contributed by atoms with Crippen LogP contribution >= 0.6 is 0 Å². The summed E-state index contributed by atoms with van der Waals surface area (Å²) in [5.74, 6) is -1.92. The van der Waals surface area contributed by atoms with Gasteiger partial charge in [-0.15, -0.1) is 0 Å². The fourth-order valence-electron chi connectivity index (χ4n) is 2.35. The van der Waals surface area contributed by atoms with Crippen LogP contribution < -0.4 is 10.6 Å². The Morgan fingerprint density at radius 2 is 2.00 bits per heavy atom. The van der Waals surface area contributed by atoms with Crippen LogP contribution in [0.3, 0.4) is 0 Å². The first-order valence-electron chi connectivity index (χ1n) is 6.67. The van der Waals surface area contributed by atoms with Crippen LogP contribution in [0.15, 0.2) is 0 Å². The van der Waals surface area contributed by atoms with Gasteiger partial charge in [-0.05, 0) is 6.42 Å². The molecule has 0 radical (unpaired) electrons. The Morgan fingerprint density at radius 1 is 1.33 bits per heavy atom. The van der Waals surface area contributed by atoms with Crippen molar-refractivity contribution in [1.82, 2.24) is 15.5 Å². The fourth-order valence-corrected chi connectivity index (χ4v) is 2.35. The molecule has 3 N–H and O–H groups in total. The lowest BCUT2D eigenvalue weighted by atomic mass is 9.94. The second-order valence-electron chi connectivity index (χ2n) is 5.21. The van der Waals surface area contributed by atoms with Crippen molar-refractivity contribution in [3.05, 3.63) is 0 Å². The highest BCUT2D eigenvalue weighted by Crippen LogP contribution is 2.19. The van der Waals surface area contributed by atoms with Crippen LogP contribution in [0.5, 0.6) is 0 Å². The molecular formula is C12H20F3N3O3. The first-order chi connectivity index (χ1) is 9.67. The van der Waals surface area contributed by atoms with Crippen molar-refractivity contribution in [2.45, 2.75) is 25.6 Å². The maximum atomic E-state index is 12.2. The third-order valence-corrected chi connectivity index (χ3v) is 3.27. The molecule has 6 nitrogen and oxygen atoms in total. The monoisotopic (exact) mass is 311 g/mol. The predicted molar refractivity (Wildman–Crippen MR) is 68.7 cm³/mol. The highest BCUT2D eigenvalue weighted by atomic mass is 19.4. The maximum Gasteiger partial charge on any atom is 0.401 e. The molecule has 122 valence electrons. The van der Waals surface area contributed by atoms with Crippen LogP contribution in [0.1, 0.15) is 13.3 Å². The summed E-state index contributed by atoms with van der Waals surface area (Å²) in [5.41, 5.74) is 0. The molecule has 0 saturated carbocycles. The number of carboxylic acids is 1. The summed E-state index contributed by atoms with van der Waals surface area (Å²) in [6, 6.07) is -0.529. The molecule has 1 amide bonds. The minimum absolute atomic E-state index is 0.169. The van der Waals surface area contributed by atoms with Crippen LogP contribution in [0.2, 0.25) is 0 Å². The SMILES string of the molecule is CC(=O)NCCN1CC(NCC(F)(F)F)CC(C(=O)O)C1. The first-order valence-corrected chi connectivity index (χ1v) is 6.67. The lowest BCUT2D eigenvalue weighted by Gasteiger charge is -2.36. The van der Waals surface area contributed by atoms with Gasteiger partial charge in [0.05, 0.1) is 12.5 Å². The van der Waals surface area contributed by atoms with Crippen LogP contribution in [0, 0.1) is 5.92 Å². The molecule has 1 saturated heterocycles. The van der Waals surface area contributed by atoms with Gasteiger partial charge in [0.25, 0.3) is 0 Å². The van der Waals surface area contributed by atoms with E-state index in [-0.39, 0.29) is 18.9 Å². The number of halogens is 3. The zero-order chi connectivity index (χ0) is 16.0. The van der Waals surface area contributed by atoms with Gasteiger partial charge in [-0.25, -0.2) is 0 Å². The summed E-state index contributed by atoms with van der Waals surface area (Å²) >= 11 is 0. The number of aliphatic carboxylic acids is 1. The number of amides is 1. The highest BCUT2D eigenvalue weighted by molar-refractivity contribution is 5.72. The number of alkyl halides is 3. The van der Waals surface area contributed by atoms with Crippen molar-refractivity contribution in [2.24, 2.45) is 5.92 Å². The van der Waals surface area contributed by atoms with Gasteiger partial charge in [-0.2, -0.15) is 13.2 Å². The number of hydrogen-bond donors (Lipinski definition) is 3. The Hall–Kier alpha value is -1.35. The van der Waals surface area contributed by atoms with Gasteiger partial charge in [0, 0.05) is 39.1 Å². The third-order valence-electron chi connectivity index (χ3n) is 3.27. The van der Waals surface area contributed by atoms with Gasteiger partial charge in [0.15, 0.2) is 0 Å². The van der Waals surface area contributed by atoms with E-state index in [1.165, 1.54) is 6.92 Å². The van der Waals surface area contributed by atoms with Crippen molar-refractivity contribution in [1.29, 1.82) is 0 Å². The fraction of sp³-hybridized carbons (Fsp3) is 0.833. The van der Waals surface area contributed by atoms with Gasteiger partial charge in [0.2, 0.25) is 5.91 Å². The van der Waals surface area contributed by atoms with Crippen LogP contribution in [-0.4, -0.2) is 66.8 Å². The van der Waals surface area contributed by atoms with Crippen LogP contribution in [0.4, 0.5) is 13.2 Å². The van der Waals surface area contributed by atoms with Crippen molar-refractivity contribution < 1.29 is 27.9 Å². The van der Waals surface area contributed by atoms with Gasteiger partial charge in [-0.1, -0.05) is 0 Å². The summed E-state index contributed by atoms with van der Waals surface area (Å²) in [7, 11) is 0. The van der Waals surface area contributed by atoms with Gasteiger partial charge >= 0.3 is 12.1 Å². The molecule has 1 aliphatic rings. The molecule has 2 atom stereocenters. The van der Waals surface area contributed by atoms with Crippen molar-refractivity contribution >= 4 is 11.9 Å². The number of carbonyl (C=O) groups is 2. The molecule has 9 heteroatoms. The zero-order valence-corrected chi connectivity index (χ0v) is 11.7. The van der Waals surface area contributed by atoms with E-state index in [9.17, 15) is 22.8 Å². The summed E-state index contributed by atoms with van der Waals surface area (Å²) in [5, 5.41) is 14.0. The number of likely N-dealkylation sites (tertiary alicyclic amines) is 1. The number of carbonyl (C=O) groups excluding carboxylic acids is 1. The molecule has 0 aliphatic carbocycles. The summed E-state index contributed by atoms with van der Waals surface area (Å²) in [6.07, 6.45) is -4.15. The molecule has 0 aromatic heterocycles. The van der Waals surface area contributed by atoms with Gasteiger partial charge < -0.3 is 15.7 Å². The van der Waals surface area contributed by atoms with Crippen LogP contribution in [-0.2, 0) is 9.59 Å². The number of rotatable bonds is 6. The number of hydrogen-bond acceptors (Lipinski definition) is 4.